The van der Waals surface area contributed by atoms with E-state index in [4.69, 9.17) is 18.5 Å². The number of ether oxygens (including phenoxy) is 2. The van der Waals surface area contributed by atoms with Crippen molar-refractivity contribution < 1.29 is 32.7 Å². The summed E-state index contributed by atoms with van der Waals surface area (Å²) in [5.74, 6) is -1.16. The maximum absolute atomic E-state index is 13.4. The Balaban J connectivity index is 3.37. The van der Waals surface area contributed by atoms with Crippen molar-refractivity contribution in [3.8, 4) is 0 Å². The summed E-state index contributed by atoms with van der Waals surface area (Å²) in [7, 11) is -3.81. The highest BCUT2D eigenvalue weighted by Crippen LogP contribution is 2.55. The van der Waals surface area contributed by atoms with Crippen LogP contribution in [0.3, 0.4) is 0 Å². The van der Waals surface area contributed by atoms with Gasteiger partial charge in [-0.1, -0.05) is 6.08 Å². The first-order valence-electron chi connectivity index (χ1n) is 9.32. The first-order valence-corrected chi connectivity index (χ1v) is 10.9. The summed E-state index contributed by atoms with van der Waals surface area (Å²) >= 11 is 0. The summed E-state index contributed by atoms with van der Waals surface area (Å²) in [6.45, 7) is 13.8. The van der Waals surface area contributed by atoms with Gasteiger partial charge in [-0.2, -0.15) is 5.01 Å². The van der Waals surface area contributed by atoms with Crippen molar-refractivity contribution in [1.82, 2.24) is 10.0 Å². The molecule has 0 radical (unpaired) electrons. The molecule has 0 aromatic rings. The van der Waals surface area contributed by atoms with E-state index in [0.717, 1.165) is 10.0 Å². The first kappa shape index (κ1) is 24.5. The highest BCUT2D eigenvalue weighted by atomic mass is 31.2. The van der Waals surface area contributed by atoms with E-state index in [9.17, 15) is 14.2 Å². The summed E-state index contributed by atoms with van der Waals surface area (Å²) < 4.78 is 35.0. The van der Waals surface area contributed by atoms with Crippen molar-refractivity contribution in [1.29, 1.82) is 0 Å². The van der Waals surface area contributed by atoms with Crippen LogP contribution >= 0.6 is 7.60 Å². The molecule has 0 N–H and O–H groups in total. The Kier molecular flexibility index (Phi) is 8.11. The Labute approximate surface area is 167 Å². The molecule has 1 atom stereocenters. The van der Waals surface area contributed by atoms with E-state index in [1.807, 2.05) is 0 Å². The van der Waals surface area contributed by atoms with Crippen LogP contribution in [0.2, 0.25) is 0 Å². The van der Waals surface area contributed by atoms with Crippen LogP contribution in [0, 0.1) is 0 Å². The molecule has 28 heavy (non-hydrogen) atoms. The lowest BCUT2D eigenvalue weighted by atomic mass is 10.2. The van der Waals surface area contributed by atoms with Gasteiger partial charge < -0.3 is 18.5 Å². The second kappa shape index (κ2) is 9.29. The fourth-order valence-electron chi connectivity index (χ4n) is 2.38. The third kappa shape index (κ3) is 6.79. The van der Waals surface area contributed by atoms with Crippen LogP contribution in [0.5, 0.6) is 0 Å². The van der Waals surface area contributed by atoms with Crippen LogP contribution in [0.15, 0.2) is 12.2 Å². The third-order valence-electron chi connectivity index (χ3n) is 3.22. The molecule has 10 heteroatoms. The standard InChI is InChI=1S/C18H33N2O7P/c1-9-24-28(23,25-10-2)14-12-11-13-19(15(21)26-17(3,4)5)20(14)16(22)27-18(6,7)8/h11-12,14H,9-10,13H2,1-8H3. The quantitative estimate of drug-likeness (QED) is 0.476. The van der Waals surface area contributed by atoms with Crippen LogP contribution in [-0.2, 0) is 23.1 Å². The fraction of sp³-hybridized carbons (Fsp3) is 0.778. The molecule has 0 aromatic heterocycles. The smallest absolute Gasteiger partial charge is 0.430 e. The van der Waals surface area contributed by atoms with Gasteiger partial charge in [0.05, 0.1) is 19.8 Å². The highest BCUT2D eigenvalue weighted by molar-refractivity contribution is 7.54. The Morgan fingerprint density at radius 1 is 0.964 bits per heavy atom. The molecule has 1 aliphatic rings. The van der Waals surface area contributed by atoms with Gasteiger partial charge in [0.1, 0.15) is 11.2 Å². The second-order valence-corrected chi connectivity index (χ2v) is 10.2. The minimum absolute atomic E-state index is 0.0445. The van der Waals surface area contributed by atoms with Crippen LogP contribution in [0.4, 0.5) is 9.59 Å². The van der Waals surface area contributed by atoms with Crippen molar-refractivity contribution in [2.75, 3.05) is 19.8 Å². The maximum atomic E-state index is 13.4. The predicted octanol–water partition coefficient (Wildman–Crippen LogP) is 4.54. The van der Waals surface area contributed by atoms with Crippen molar-refractivity contribution in [2.24, 2.45) is 0 Å². The largest absolute Gasteiger partial charge is 0.442 e. The van der Waals surface area contributed by atoms with E-state index in [1.54, 1.807) is 61.5 Å². The molecule has 1 heterocycles. The molecular weight excluding hydrogens is 387 g/mol. The molecule has 1 unspecified atom stereocenters. The Morgan fingerprint density at radius 2 is 1.43 bits per heavy atom. The molecule has 0 saturated heterocycles. The molecule has 0 spiro atoms. The number of amides is 2. The van der Waals surface area contributed by atoms with Crippen LogP contribution in [0.25, 0.3) is 0 Å². The normalized spacial score (nSPS) is 18.2. The highest BCUT2D eigenvalue weighted by Gasteiger charge is 2.48. The van der Waals surface area contributed by atoms with Gasteiger partial charge in [0.15, 0.2) is 5.78 Å². The summed E-state index contributed by atoms with van der Waals surface area (Å²) in [5.41, 5.74) is -1.61. The van der Waals surface area contributed by atoms with E-state index >= 15 is 0 Å². The molecular formula is C18H33N2O7P. The minimum Gasteiger partial charge on any atom is -0.442 e. The zero-order valence-corrected chi connectivity index (χ0v) is 18.9. The van der Waals surface area contributed by atoms with E-state index < -0.39 is 36.8 Å². The lowest BCUT2D eigenvalue weighted by molar-refractivity contribution is -0.0654. The average Bonchev–Trinajstić information content (AvgIpc) is 2.51. The molecule has 2 amide bonds. The lowest BCUT2D eigenvalue weighted by Gasteiger charge is -2.42. The van der Waals surface area contributed by atoms with E-state index in [2.05, 4.69) is 0 Å². The van der Waals surface area contributed by atoms with Crippen molar-refractivity contribution in [3.05, 3.63) is 12.2 Å². The summed E-state index contributed by atoms with van der Waals surface area (Å²) in [4.78, 5) is 25.7. The molecule has 1 rings (SSSR count). The number of hydrogen-bond donors (Lipinski definition) is 0. The fourth-order valence-corrected chi connectivity index (χ4v) is 4.30. The van der Waals surface area contributed by atoms with Crippen LogP contribution < -0.4 is 0 Å². The van der Waals surface area contributed by atoms with E-state index in [1.165, 1.54) is 6.08 Å². The minimum atomic E-state index is -3.81. The molecule has 0 saturated carbocycles. The van der Waals surface area contributed by atoms with Crippen molar-refractivity contribution in [2.45, 2.75) is 72.4 Å². The monoisotopic (exact) mass is 420 g/mol. The predicted molar refractivity (Wildman–Crippen MR) is 105 cm³/mol. The second-order valence-electron chi connectivity index (χ2n) is 8.10. The van der Waals surface area contributed by atoms with Gasteiger partial charge in [0.2, 0.25) is 0 Å². The van der Waals surface area contributed by atoms with Gasteiger partial charge in [-0.05, 0) is 61.5 Å². The molecule has 0 fully saturated rings. The molecule has 162 valence electrons. The van der Waals surface area contributed by atoms with Gasteiger partial charge in [-0.3, -0.25) is 4.57 Å². The van der Waals surface area contributed by atoms with E-state index in [0.29, 0.717) is 0 Å². The van der Waals surface area contributed by atoms with Crippen molar-refractivity contribution in [3.63, 3.8) is 0 Å². The number of hydrazine groups is 1. The number of hydrogen-bond acceptors (Lipinski definition) is 7. The summed E-state index contributed by atoms with van der Waals surface area (Å²) in [5, 5.41) is 2.01. The third-order valence-corrected chi connectivity index (χ3v) is 5.50. The molecule has 1 aliphatic heterocycles. The lowest BCUT2D eigenvalue weighted by Crippen LogP contribution is -2.58. The summed E-state index contributed by atoms with van der Waals surface area (Å²) in [6.07, 6.45) is 1.51. The number of rotatable bonds is 5. The summed E-state index contributed by atoms with van der Waals surface area (Å²) in [6, 6.07) is 0. The SMILES string of the molecule is CCOP(=O)(OCC)C1C=CCN(C(=O)OC(C)(C)C)N1C(=O)OC(C)(C)C. The Bertz CT molecular complexity index is 627. The number of carbonyl (C=O) groups is 2. The Morgan fingerprint density at radius 3 is 1.86 bits per heavy atom. The van der Waals surface area contributed by atoms with Crippen LogP contribution in [-0.4, -0.2) is 58.9 Å². The number of carbonyl (C=O) groups excluding carboxylic acids is 2. The molecule has 0 bridgehead atoms. The topological polar surface area (TPSA) is 94.6 Å². The van der Waals surface area contributed by atoms with Gasteiger partial charge >= 0.3 is 19.8 Å². The Hall–Kier alpha value is -1.57. The zero-order valence-electron chi connectivity index (χ0n) is 18.1. The average molecular weight is 420 g/mol. The van der Waals surface area contributed by atoms with Crippen LogP contribution in [0.1, 0.15) is 55.4 Å². The molecule has 9 nitrogen and oxygen atoms in total. The van der Waals surface area contributed by atoms with Crippen molar-refractivity contribution >= 4 is 19.8 Å². The first-order chi connectivity index (χ1) is 12.7. The van der Waals surface area contributed by atoms with Gasteiger partial charge in [0, 0.05) is 0 Å². The molecule has 0 aliphatic carbocycles. The van der Waals surface area contributed by atoms with Gasteiger partial charge in [-0.25, -0.2) is 14.6 Å². The van der Waals surface area contributed by atoms with Gasteiger partial charge in [0.25, 0.3) is 0 Å². The van der Waals surface area contributed by atoms with Gasteiger partial charge in [-0.15, -0.1) is 0 Å². The maximum Gasteiger partial charge on any atom is 0.430 e. The van der Waals surface area contributed by atoms with E-state index in [-0.39, 0.29) is 19.8 Å². The zero-order chi connectivity index (χ0) is 21.8. The number of nitrogens with zero attached hydrogens (tertiary/aromatic N) is 2. The molecule has 0 aromatic carbocycles.